The van der Waals surface area contributed by atoms with Crippen LogP contribution in [0.1, 0.15) is 48.5 Å². The van der Waals surface area contributed by atoms with Crippen LogP contribution in [0.15, 0.2) is 18.2 Å². The molecule has 0 bridgehead atoms. The number of rotatable bonds is 5. The second-order valence-electron chi connectivity index (χ2n) is 5.55. The first-order valence-corrected chi connectivity index (χ1v) is 7.28. The summed E-state index contributed by atoms with van der Waals surface area (Å²) in [7, 11) is 0. The first kappa shape index (κ1) is 15.4. The van der Waals surface area contributed by atoms with Crippen molar-refractivity contribution in [2.24, 2.45) is 0 Å². The number of ether oxygens (including phenoxy) is 1. The van der Waals surface area contributed by atoms with Crippen molar-refractivity contribution in [3.63, 3.8) is 0 Å². The van der Waals surface area contributed by atoms with E-state index in [2.05, 4.69) is 5.32 Å². The molecule has 1 aliphatic rings. The Kier molecular flexibility index (Phi) is 4.83. The molecule has 1 aliphatic carbocycles. The quantitative estimate of drug-likeness (QED) is 0.874. The number of nitrogens with one attached hydrogen (secondary N) is 1. The van der Waals surface area contributed by atoms with Crippen molar-refractivity contribution in [1.29, 1.82) is 0 Å². The number of amides is 1. The average molecular weight is 291 g/mol. The van der Waals surface area contributed by atoms with Gasteiger partial charge in [-0.15, -0.1) is 0 Å². The summed E-state index contributed by atoms with van der Waals surface area (Å²) in [5.41, 5.74) is 0.958. The topological polar surface area (TPSA) is 75.6 Å². The lowest BCUT2D eigenvalue weighted by Crippen LogP contribution is -2.41. The molecule has 0 aromatic heterocycles. The third kappa shape index (κ3) is 3.97. The highest BCUT2D eigenvalue weighted by Crippen LogP contribution is 2.22. The minimum atomic E-state index is -1.06. The van der Waals surface area contributed by atoms with E-state index in [1.807, 2.05) is 6.92 Å². The normalized spacial score (nSPS) is 16.5. The highest BCUT2D eigenvalue weighted by atomic mass is 16.5. The molecule has 0 aliphatic heterocycles. The summed E-state index contributed by atoms with van der Waals surface area (Å²) < 4.78 is 5.57. The molecule has 5 heteroatoms. The molecule has 1 aromatic rings. The van der Waals surface area contributed by atoms with Crippen LogP contribution >= 0.6 is 0 Å². The Labute approximate surface area is 124 Å². The summed E-state index contributed by atoms with van der Waals surface area (Å²) in [4.78, 5) is 23.3. The van der Waals surface area contributed by atoms with Crippen LogP contribution in [0, 0.1) is 6.92 Å². The van der Waals surface area contributed by atoms with Gasteiger partial charge in [-0.25, -0.2) is 4.79 Å². The minimum absolute atomic E-state index is 0.0705. The molecule has 21 heavy (non-hydrogen) atoms. The molecule has 1 atom stereocenters. The van der Waals surface area contributed by atoms with Crippen LogP contribution in [0.2, 0.25) is 0 Å². The molecule has 2 N–H and O–H groups in total. The van der Waals surface area contributed by atoms with Crippen LogP contribution < -0.4 is 10.1 Å². The van der Waals surface area contributed by atoms with Crippen molar-refractivity contribution in [1.82, 2.24) is 5.32 Å². The minimum Gasteiger partial charge on any atom is -0.480 e. The van der Waals surface area contributed by atoms with E-state index in [9.17, 15) is 9.59 Å². The maximum Gasteiger partial charge on any atom is 0.339 e. The zero-order valence-electron chi connectivity index (χ0n) is 12.4. The molecule has 1 fully saturated rings. The summed E-state index contributed by atoms with van der Waals surface area (Å²) in [5.74, 6) is -1.02. The molecule has 0 spiro atoms. The number of carboxylic acid groups (broad SMARTS) is 1. The highest BCUT2D eigenvalue weighted by molar-refractivity contribution is 5.91. The lowest BCUT2D eigenvalue weighted by atomic mass is 10.1. The van der Waals surface area contributed by atoms with Gasteiger partial charge in [0.25, 0.3) is 5.91 Å². The third-order valence-corrected chi connectivity index (χ3v) is 3.74. The third-order valence-electron chi connectivity index (χ3n) is 3.74. The van der Waals surface area contributed by atoms with Gasteiger partial charge in [0, 0.05) is 6.04 Å². The molecule has 0 radical (unpaired) electrons. The molecular formula is C16H21NO4. The van der Waals surface area contributed by atoms with Crippen LogP contribution in [0.3, 0.4) is 0 Å². The van der Waals surface area contributed by atoms with E-state index < -0.39 is 12.1 Å². The fraction of sp³-hybridized carbons (Fsp3) is 0.500. The number of hydrogen-bond acceptors (Lipinski definition) is 3. The Morgan fingerprint density at radius 1 is 1.33 bits per heavy atom. The van der Waals surface area contributed by atoms with Crippen LogP contribution in [0.5, 0.6) is 5.75 Å². The fourth-order valence-electron chi connectivity index (χ4n) is 2.54. The number of carbonyl (C=O) groups is 2. The van der Waals surface area contributed by atoms with Crippen molar-refractivity contribution in [3.05, 3.63) is 29.3 Å². The lowest BCUT2D eigenvalue weighted by molar-refractivity contribution is -0.128. The zero-order chi connectivity index (χ0) is 15.4. The fourth-order valence-corrected chi connectivity index (χ4v) is 2.54. The van der Waals surface area contributed by atoms with E-state index in [1.54, 1.807) is 19.1 Å². The van der Waals surface area contributed by atoms with E-state index in [1.165, 1.54) is 6.07 Å². The van der Waals surface area contributed by atoms with Gasteiger partial charge in [0.05, 0.1) is 0 Å². The summed E-state index contributed by atoms with van der Waals surface area (Å²) in [6.07, 6.45) is 3.57. The number of aromatic carboxylic acids is 1. The molecule has 0 saturated heterocycles. The van der Waals surface area contributed by atoms with Crippen molar-refractivity contribution < 1.29 is 19.4 Å². The maximum atomic E-state index is 12.1. The number of carboxylic acids is 1. The molecular weight excluding hydrogens is 270 g/mol. The van der Waals surface area contributed by atoms with E-state index in [0.717, 1.165) is 31.2 Å². The van der Waals surface area contributed by atoms with E-state index >= 15 is 0 Å². The maximum absolute atomic E-state index is 12.1. The van der Waals surface area contributed by atoms with Crippen molar-refractivity contribution >= 4 is 11.9 Å². The summed E-state index contributed by atoms with van der Waals surface area (Å²) >= 11 is 0. The smallest absolute Gasteiger partial charge is 0.339 e. The van der Waals surface area contributed by atoms with E-state index in [0.29, 0.717) is 0 Å². The van der Waals surface area contributed by atoms with Gasteiger partial charge < -0.3 is 15.2 Å². The standard InChI is InChI=1S/C16H21NO4/c1-10-7-8-13(16(19)20)14(9-10)21-11(2)15(18)17-12-5-3-4-6-12/h7-9,11-12H,3-6H2,1-2H3,(H,17,18)(H,19,20). The Bertz CT molecular complexity index is 535. The number of benzene rings is 1. The van der Waals surface area contributed by atoms with Gasteiger partial charge in [-0.05, 0) is 44.4 Å². The van der Waals surface area contributed by atoms with Crippen LogP contribution in [-0.2, 0) is 4.79 Å². The molecule has 0 heterocycles. The number of aryl methyl sites for hydroxylation is 1. The van der Waals surface area contributed by atoms with Gasteiger partial charge in [-0.2, -0.15) is 0 Å². The zero-order valence-corrected chi connectivity index (χ0v) is 12.4. The van der Waals surface area contributed by atoms with Gasteiger partial charge in [0.2, 0.25) is 0 Å². The van der Waals surface area contributed by atoms with Crippen LogP contribution in [0.25, 0.3) is 0 Å². The SMILES string of the molecule is Cc1ccc(C(=O)O)c(OC(C)C(=O)NC2CCCC2)c1. The Morgan fingerprint density at radius 3 is 2.62 bits per heavy atom. The lowest BCUT2D eigenvalue weighted by Gasteiger charge is -2.19. The predicted octanol–water partition coefficient (Wildman–Crippen LogP) is 2.52. The number of carbonyl (C=O) groups excluding carboxylic acids is 1. The molecule has 1 saturated carbocycles. The molecule has 1 aromatic carbocycles. The van der Waals surface area contributed by atoms with Gasteiger partial charge >= 0.3 is 5.97 Å². The molecule has 2 rings (SSSR count). The predicted molar refractivity (Wildman–Crippen MR) is 78.6 cm³/mol. The Balaban J connectivity index is 2.04. The van der Waals surface area contributed by atoms with Crippen molar-refractivity contribution in [2.45, 2.75) is 51.7 Å². The average Bonchev–Trinajstić information content (AvgIpc) is 2.91. The largest absolute Gasteiger partial charge is 0.480 e. The first-order chi connectivity index (χ1) is 9.97. The van der Waals surface area contributed by atoms with Crippen LogP contribution in [0.4, 0.5) is 0 Å². The molecule has 1 amide bonds. The van der Waals surface area contributed by atoms with Gasteiger partial charge in [-0.3, -0.25) is 4.79 Å². The van der Waals surface area contributed by atoms with Crippen LogP contribution in [-0.4, -0.2) is 29.1 Å². The van der Waals surface area contributed by atoms with Crippen molar-refractivity contribution in [2.75, 3.05) is 0 Å². The second kappa shape index (κ2) is 6.61. The first-order valence-electron chi connectivity index (χ1n) is 7.28. The molecule has 1 unspecified atom stereocenters. The second-order valence-corrected chi connectivity index (χ2v) is 5.55. The van der Waals surface area contributed by atoms with Gasteiger partial charge in [0.15, 0.2) is 6.10 Å². The van der Waals surface area contributed by atoms with Gasteiger partial charge in [0.1, 0.15) is 11.3 Å². The Morgan fingerprint density at radius 2 is 2.00 bits per heavy atom. The number of hydrogen-bond donors (Lipinski definition) is 2. The molecule has 114 valence electrons. The molecule has 5 nitrogen and oxygen atoms in total. The van der Waals surface area contributed by atoms with E-state index in [-0.39, 0.29) is 23.3 Å². The monoisotopic (exact) mass is 291 g/mol. The summed E-state index contributed by atoms with van der Waals surface area (Å²) in [5, 5.41) is 12.1. The van der Waals surface area contributed by atoms with Gasteiger partial charge in [-0.1, -0.05) is 18.9 Å². The van der Waals surface area contributed by atoms with Crippen molar-refractivity contribution in [3.8, 4) is 5.75 Å². The highest BCUT2D eigenvalue weighted by Gasteiger charge is 2.23. The Hall–Kier alpha value is -2.04. The summed E-state index contributed by atoms with van der Waals surface area (Å²) in [6, 6.07) is 5.07. The van der Waals surface area contributed by atoms with E-state index in [4.69, 9.17) is 9.84 Å². The summed E-state index contributed by atoms with van der Waals surface area (Å²) in [6.45, 7) is 3.49.